The lowest BCUT2D eigenvalue weighted by Crippen LogP contribution is -2.40. The van der Waals surface area contributed by atoms with Gasteiger partial charge in [-0.25, -0.2) is 0 Å². The molecule has 1 saturated heterocycles. The molecule has 1 N–H and O–H groups in total. The number of hydrogen-bond donors (Lipinski definition) is 1. The number of hydrogen-bond acceptors (Lipinski definition) is 3. The summed E-state index contributed by atoms with van der Waals surface area (Å²) in [6.45, 7) is 3.07. The van der Waals surface area contributed by atoms with Crippen LogP contribution in [0.2, 0.25) is 0 Å². The zero-order valence-corrected chi connectivity index (χ0v) is 19.4. The van der Waals surface area contributed by atoms with E-state index in [4.69, 9.17) is 9.47 Å². The van der Waals surface area contributed by atoms with E-state index in [-0.39, 0.29) is 6.10 Å². The van der Waals surface area contributed by atoms with Crippen molar-refractivity contribution < 1.29 is 9.47 Å². The van der Waals surface area contributed by atoms with Crippen LogP contribution in [-0.2, 0) is 11.3 Å². The van der Waals surface area contributed by atoms with Crippen LogP contribution in [0.25, 0.3) is 16.8 Å². The summed E-state index contributed by atoms with van der Waals surface area (Å²) in [4.78, 5) is 0. The van der Waals surface area contributed by atoms with Crippen molar-refractivity contribution in [2.75, 3.05) is 19.7 Å². The molecule has 3 heteroatoms. The maximum Gasteiger partial charge on any atom is 0.119 e. The van der Waals surface area contributed by atoms with Crippen molar-refractivity contribution in [3.8, 4) is 5.75 Å². The molecule has 4 aromatic rings. The van der Waals surface area contributed by atoms with Crippen LogP contribution in [0.4, 0.5) is 0 Å². The summed E-state index contributed by atoms with van der Waals surface area (Å²) in [5, 5.41) is 6.03. The van der Waals surface area contributed by atoms with Crippen molar-refractivity contribution in [1.82, 2.24) is 5.32 Å². The summed E-state index contributed by atoms with van der Waals surface area (Å²) < 4.78 is 12.3. The molecule has 0 spiro atoms. The molecule has 0 bridgehead atoms. The molecule has 1 heterocycles. The number of benzene rings is 4. The SMILES string of the molecule is C(=Cc1ccccc1)COc1ccc(C2CCNCC2OCc2ccc3ccccc3c2)cc1. The number of nitrogens with one attached hydrogen (secondary N) is 1. The molecule has 172 valence electrons. The Balaban J connectivity index is 1.18. The average Bonchev–Trinajstić information content (AvgIpc) is 2.91. The van der Waals surface area contributed by atoms with Crippen molar-refractivity contribution in [3.05, 3.63) is 120 Å². The Morgan fingerprint density at radius 2 is 1.62 bits per heavy atom. The van der Waals surface area contributed by atoms with E-state index in [1.165, 1.54) is 27.5 Å². The van der Waals surface area contributed by atoms with Gasteiger partial charge < -0.3 is 14.8 Å². The van der Waals surface area contributed by atoms with Crippen molar-refractivity contribution >= 4 is 16.8 Å². The maximum absolute atomic E-state index is 6.43. The maximum atomic E-state index is 6.43. The lowest BCUT2D eigenvalue weighted by molar-refractivity contribution is 0.0106. The van der Waals surface area contributed by atoms with Gasteiger partial charge in [0, 0.05) is 12.5 Å². The predicted molar refractivity (Wildman–Crippen MR) is 140 cm³/mol. The van der Waals surface area contributed by atoms with Crippen LogP contribution in [0.5, 0.6) is 5.75 Å². The minimum absolute atomic E-state index is 0.154. The van der Waals surface area contributed by atoms with Gasteiger partial charge in [-0.2, -0.15) is 0 Å². The van der Waals surface area contributed by atoms with Crippen LogP contribution < -0.4 is 10.1 Å². The number of fused-ring (bicyclic) bond motifs is 1. The Morgan fingerprint density at radius 1 is 0.824 bits per heavy atom. The first kappa shape index (κ1) is 22.4. The van der Waals surface area contributed by atoms with Crippen LogP contribution in [0.1, 0.15) is 29.0 Å². The Morgan fingerprint density at radius 3 is 2.47 bits per heavy atom. The normalized spacial score (nSPS) is 18.4. The van der Waals surface area contributed by atoms with Crippen molar-refractivity contribution in [3.63, 3.8) is 0 Å². The minimum atomic E-state index is 0.154. The molecular weight excluding hydrogens is 418 g/mol. The monoisotopic (exact) mass is 449 g/mol. The largest absolute Gasteiger partial charge is 0.490 e. The summed E-state index contributed by atoms with van der Waals surface area (Å²) in [5.74, 6) is 1.28. The molecule has 0 aromatic heterocycles. The van der Waals surface area contributed by atoms with Crippen molar-refractivity contribution in [2.24, 2.45) is 0 Å². The van der Waals surface area contributed by atoms with Gasteiger partial charge >= 0.3 is 0 Å². The van der Waals surface area contributed by atoms with E-state index in [9.17, 15) is 0 Å². The standard InChI is InChI=1S/C31H31NO2/c1-2-7-24(8-3-1)9-6-20-33-29-16-14-27(15-17-29)30-18-19-32-22-31(30)34-23-25-12-13-26-10-4-5-11-28(26)21-25/h1-17,21,30-32H,18-20,22-23H2. The van der Waals surface area contributed by atoms with Gasteiger partial charge in [0.2, 0.25) is 0 Å². The molecular formula is C31H31NO2. The molecule has 0 amide bonds. The summed E-state index contributed by atoms with van der Waals surface area (Å²) >= 11 is 0. The van der Waals surface area contributed by atoms with Crippen LogP contribution in [0.3, 0.4) is 0 Å². The highest BCUT2D eigenvalue weighted by molar-refractivity contribution is 5.82. The van der Waals surface area contributed by atoms with Crippen molar-refractivity contribution in [1.29, 1.82) is 0 Å². The first-order valence-corrected chi connectivity index (χ1v) is 12.1. The molecule has 0 aliphatic carbocycles. The minimum Gasteiger partial charge on any atom is -0.490 e. The third kappa shape index (κ3) is 5.74. The van der Waals surface area contributed by atoms with E-state index in [0.717, 1.165) is 25.3 Å². The molecule has 3 nitrogen and oxygen atoms in total. The zero-order chi connectivity index (χ0) is 23.0. The van der Waals surface area contributed by atoms with Crippen molar-refractivity contribution in [2.45, 2.75) is 25.0 Å². The topological polar surface area (TPSA) is 30.5 Å². The Kier molecular flexibility index (Phi) is 7.34. The van der Waals surface area contributed by atoms with Gasteiger partial charge in [-0.1, -0.05) is 84.9 Å². The van der Waals surface area contributed by atoms with Crippen LogP contribution >= 0.6 is 0 Å². The molecule has 0 saturated carbocycles. The Hall–Kier alpha value is -3.40. The highest BCUT2D eigenvalue weighted by Crippen LogP contribution is 2.30. The molecule has 1 aliphatic rings. The van der Waals surface area contributed by atoms with E-state index < -0.39 is 0 Å². The second-order valence-corrected chi connectivity index (χ2v) is 8.82. The summed E-state index contributed by atoms with van der Waals surface area (Å²) in [7, 11) is 0. The molecule has 34 heavy (non-hydrogen) atoms. The van der Waals surface area contributed by atoms with E-state index in [1.807, 2.05) is 24.3 Å². The van der Waals surface area contributed by atoms with E-state index >= 15 is 0 Å². The van der Waals surface area contributed by atoms with Crippen LogP contribution in [0.15, 0.2) is 103 Å². The van der Waals surface area contributed by atoms with Gasteiger partial charge in [0.1, 0.15) is 12.4 Å². The highest BCUT2D eigenvalue weighted by atomic mass is 16.5. The first-order chi connectivity index (χ1) is 16.8. The molecule has 2 atom stereocenters. The predicted octanol–water partition coefficient (Wildman–Crippen LogP) is 6.59. The fraction of sp³-hybridized carbons (Fsp3) is 0.226. The smallest absolute Gasteiger partial charge is 0.119 e. The lowest BCUT2D eigenvalue weighted by Gasteiger charge is -2.32. The van der Waals surface area contributed by atoms with Crippen LogP contribution in [-0.4, -0.2) is 25.8 Å². The second kappa shape index (κ2) is 11.1. The molecule has 4 aromatic carbocycles. The first-order valence-electron chi connectivity index (χ1n) is 12.1. The van der Waals surface area contributed by atoms with E-state index in [0.29, 0.717) is 19.1 Å². The number of piperidine rings is 1. The number of rotatable bonds is 8. The Bertz CT molecular complexity index is 1220. The second-order valence-electron chi connectivity index (χ2n) is 8.82. The van der Waals surface area contributed by atoms with Gasteiger partial charge in [-0.05, 0) is 64.7 Å². The average molecular weight is 450 g/mol. The van der Waals surface area contributed by atoms with Crippen LogP contribution in [0, 0.1) is 0 Å². The molecule has 1 fully saturated rings. The molecule has 0 radical (unpaired) electrons. The van der Waals surface area contributed by atoms with E-state index in [2.05, 4.69) is 90.3 Å². The van der Waals surface area contributed by atoms with Gasteiger partial charge in [0.15, 0.2) is 0 Å². The summed E-state index contributed by atoms with van der Waals surface area (Å²) in [5.41, 5.74) is 3.72. The van der Waals surface area contributed by atoms with E-state index in [1.54, 1.807) is 0 Å². The lowest BCUT2D eigenvalue weighted by atomic mass is 9.87. The quantitative estimate of drug-likeness (QED) is 0.329. The summed E-state index contributed by atoms with van der Waals surface area (Å²) in [6.07, 6.45) is 5.36. The third-order valence-electron chi connectivity index (χ3n) is 6.47. The van der Waals surface area contributed by atoms with Gasteiger partial charge in [0.25, 0.3) is 0 Å². The fourth-order valence-corrected chi connectivity index (χ4v) is 4.62. The molecule has 2 unspecified atom stereocenters. The summed E-state index contributed by atoms with van der Waals surface area (Å²) in [6, 6.07) is 33.9. The fourth-order valence-electron chi connectivity index (χ4n) is 4.62. The van der Waals surface area contributed by atoms with Gasteiger partial charge in [-0.3, -0.25) is 0 Å². The zero-order valence-electron chi connectivity index (χ0n) is 19.4. The highest BCUT2D eigenvalue weighted by Gasteiger charge is 2.27. The molecule has 5 rings (SSSR count). The molecule has 1 aliphatic heterocycles. The number of ether oxygens (including phenoxy) is 2. The van der Waals surface area contributed by atoms with Gasteiger partial charge in [0.05, 0.1) is 12.7 Å². The third-order valence-corrected chi connectivity index (χ3v) is 6.47. The van der Waals surface area contributed by atoms with Gasteiger partial charge in [-0.15, -0.1) is 0 Å². The Labute approximate surface area is 202 Å².